The van der Waals surface area contributed by atoms with Crippen molar-refractivity contribution in [2.75, 3.05) is 31.1 Å². The fourth-order valence-corrected chi connectivity index (χ4v) is 3.90. The molecule has 0 aromatic heterocycles. The van der Waals surface area contributed by atoms with Gasteiger partial charge in [0.25, 0.3) is 0 Å². The lowest BCUT2D eigenvalue weighted by Crippen LogP contribution is -2.43. The standard InChI is InChI=1S/C10H18N2O2S2/c11-9(15)7-10(1-2-10)8-12-3-5-16(13,14)6-4-12/h1-8H2,(H2,11,15). The molecule has 0 bridgehead atoms. The summed E-state index contributed by atoms with van der Waals surface area (Å²) in [5, 5.41) is 0. The molecule has 0 atom stereocenters. The van der Waals surface area contributed by atoms with Crippen molar-refractivity contribution in [3.8, 4) is 0 Å². The number of sulfone groups is 1. The van der Waals surface area contributed by atoms with Gasteiger partial charge in [-0.1, -0.05) is 12.2 Å². The number of nitrogens with zero attached hydrogens (tertiary/aromatic N) is 1. The van der Waals surface area contributed by atoms with Crippen LogP contribution in [0.15, 0.2) is 0 Å². The molecule has 2 rings (SSSR count). The Bertz CT molecular complexity index is 374. The molecule has 0 spiro atoms. The van der Waals surface area contributed by atoms with Crippen LogP contribution < -0.4 is 5.73 Å². The molecule has 92 valence electrons. The average Bonchev–Trinajstić information content (AvgIpc) is 2.88. The molecule has 6 heteroatoms. The van der Waals surface area contributed by atoms with E-state index in [1.807, 2.05) is 0 Å². The third-order valence-corrected chi connectivity index (χ3v) is 5.26. The van der Waals surface area contributed by atoms with Crippen LogP contribution in [0.3, 0.4) is 0 Å². The van der Waals surface area contributed by atoms with Crippen LogP contribution >= 0.6 is 12.2 Å². The number of hydrogen-bond donors (Lipinski definition) is 1. The minimum absolute atomic E-state index is 0.271. The second-order valence-electron chi connectivity index (χ2n) is 5.07. The Labute approximate surface area is 102 Å². The molecule has 0 radical (unpaired) electrons. The molecule has 0 amide bonds. The van der Waals surface area contributed by atoms with Crippen molar-refractivity contribution < 1.29 is 8.42 Å². The summed E-state index contributed by atoms with van der Waals surface area (Å²) < 4.78 is 22.6. The number of nitrogens with two attached hydrogens (primary N) is 1. The van der Waals surface area contributed by atoms with E-state index in [1.54, 1.807) is 0 Å². The van der Waals surface area contributed by atoms with E-state index in [2.05, 4.69) is 4.90 Å². The molecule has 2 aliphatic rings. The normalized spacial score (nSPS) is 27.5. The predicted molar refractivity (Wildman–Crippen MR) is 68.2 cm³/mol. The molecule has 1 aliphatic heterocycles. The van der Waals surface area contributed by atoms with Gasteiger partial charge < -0.3 is 10.6 Å². The molecule has 2 N–H and O–H groups in total. The summed E-state index contributed by atoms with van der Waals surface area (Å²) in [6.07, 6.45) is 3.16. The van der Waals surface area contributed by atoms with Crippen LogP contribution in [-0.2, 0) is 9.84 Å². The summed E-state index contributed by atoms with van der Waals surface area (Å²) in [5.41, 5.74) is 5.85. The molecule has 1 saturated carbocycles. The number of thiocarbonyl (C=S) groups is 1. The molecule has 4 nitrogen and oxygen atoms in total. The fraction of sp³-hybridized carbons (Fsp3) is 0.900. The van der Waals surface area contributed by atoms with E-state index in [1.165, 1.54) is 12.8 Å². The smallest absolute Gasteiger partial charge is 0.152 e. The highest BCUT2D eigenvalue weighted by Crippen LogP contribution is 2.49. The lowest BCUT2D eigenvalue weighted by Gasteiger charge is -2.30. The predicted octanol–water partition coefficient (Wildman–Crippen LogP) is 0.173. The van der Waals surface area contributed by atoms with Crippen molar-refractivity contribution in [3.63, 3.8) is 0 Å². The molecule has 2 fully saturated rings. The molecule has 0 aromatic rings. The van der Waals surface area contributed by atoms with Gasteiger partial charge in [0.1, 0.15) is 0 Å². The van der Waals surface area contributed by atoms with E-state index < -0.39 is 9.84 Å². The molecular weight excluding hydrogens is 244 g/mol. The van der Waals surface area contributed by atoms with E-state index in [9.17, 15) is 8.42 Å². The van der Waals surface area contributed by atoms with E-state index in [0.717, 1.165) is 13.0 Å². The van der Waals surface area contributed by atoms with Gasteiger partial charge in [0, 0.05) is 26.1 Å². The Morgan fingerprint density at radius 3 is 2.31 bits per heavy atom. The van der Waals surface area contributed by atoms with E-state index in [-0.39, 0.29) is 5.41 Å². The maximum absolute atomic E-state index is 11.3. The number of rotatable bonds is 4. The molecular formula is C10H18N2O2S2. The van der Waals surface area contributed by atoms with Crippen LogP contribution in [0.2, 0.25) is 0 Å². The molecule has 16 heavy (non-hydrogen) atoms. The van der Waals surface area contributed by atoms with Crippen LogP contribution in [-0.4, -0.2) is 49.4 Å². The SMILES string of the molecule is NC(=S)CC1(CN2CCS(=O)(=O)CC2)CC1. The summed E-state index contributed by atoms with van der Waals surface area (Å²) in [6.45, 7) is 2.29. The maximum Gasteiger partial charge on any atom is 0.152 e. The first-order valence-corrected chi connectivity index (χ1v) is 7.85. The first-order chi connectivity index (χ1) is 7.41. The zero-order valence-corrected chi connectivity index (χ0v) is 10.9. The molecule has 1 heterocycles. The van der Waals surface area contributed by atoms with Crippen molar-refractivity contribution in [1.29, 1.82) is 0 Å². The van der Waals surface area contributed by atoms with E-state index >= 15 is 0 Å². The first kappa shape index (κ1) is 12.3. The molecule has 0 unspecified atom stereocenters. The van der Waals surface area contributed by atoms with Crippen LogP contribution in [0, 0.1) is 5.41 Å². The molecule has 0 aromatic carbocycles. The largest absolute Gasteiger partial charge is 0.393 e. The molecule has 1 saturated heterocycles. The fourth-order valence-electron chi connectivity index (χ4n) is 2.32. The Morgan fingerprint density at radius 2 is 1.88 bits per heavy atom. The van der Waals surface area contributed by atoms with Gasteiger partial charge in [-0.15, -0.1) is 0 Å². The zero-order chi connectivity index (χ0) is 11.8. The zero-order valence-electron chi connectivity index (χ0n) is 9.31. The Balaban J connectivity index is 1.85. The first-order valence-electron chi connectivity index (χ1n) is 5.62. The summed E-state index contributed by atoms with van der Waals surface area (Å²) >= 11 is 4.95. The lowest BCUT2D eigenvalue weighted by atomic mass is 10.0. The van der Waals surface area contributed by atoms with Crippen LogP contribution in [0.25, 0.3) is 0 Å². The van der Waals surface area contributed by atoms with Crippen molar-refractivity contribution in [2.24, 2.45) is 11.1 Å². The highest BCUT2D eigenvalue weighted by molar-refractivity contribution is 7.91. The second kappa shape index (κ2) is 4.23. The van der Waals surface area contributed by atoms with Gasteiger partial charge in [-0.3, -0.25) is 0 Å². The Kier molecular flexibility index (Phi) is 3.25. The van der Waals surface area contributed by atoms with Crippen molar-refractivity contribution in [2.45, 2.75) is 19.3 Å². The monoisotopic (exact) mass is 262 g/mol. The maximum atomic E-state index is 11.3. The van der Waals surface area contributed by atoms with Crippen LogP contribution in [0.5, 0.6) is 0 Å². The topological polar surface area (TPSA) is 63.4 Å². The van der Waals surface area contributed by atoms with Gasteiger partial charge in [0.05, 0.1) is 16.5 Å². The van der Waals surface area contributed by atoms with Crippen molar-refractivity contribution in [3.05, 3.63) is 0 Å². The Morgan fingerprint density at radius 1 is 1.31 bits per heavy atom. The summed E-state index contributed by atoms with van der Waals surface area (Å²) in [4.78, 5) is 2.83. The average molecular weight is 262 g/mol. The lowest BCUT2D eigenvalue weighted by molar-refractivity contribution is 0.238. The second-order valence-corrected chi connectivity index (χ2v) is 7.90. The quantitative estimate of drug-likeness (QED) is 0.732. The van der Waals surface area contributed by atoms with Crippen LogP contribution in [0.4, 0.5) is 0 Å². The third-order valence-electron chi connectivity index (χ3n) is 3.50. The van der Waals surface area contributed by atoms with Gasteiger partial charge in [-0.05, 0) is 18.3 Å². The third kappa shape index (κ3) is 3.15. The van der Waals surface area contributed by atoms with E-state index in [0.29, 0.717) is 29.6 Å². The molecule has 1 aliphatic carbocycles. The van der Waals surface area contributed by atoms with Gasteiger partial charge in [0.15, 0.2) is 9.84 Å². The van der Waals surface area contributed by atoms with Crippen LogP contribution in [0.1, 0.15) is 19.3 Å². The van der Waals surface area contributed by atoms with E-state index in [4.69, 9.17) is 18.0 Å². The summed E-state index contributed by atoms with van der Waals surface area (Å²) in [5.74, 6) is 0.603. The summed E-state index contributed by atoms with van der Waals surface area (Å²) in [7, 11) is -2.77. The van der Waals surface area contributed by atoms with Crippen molar-refractivity contribution >= 4 is 27.0 Å². The number of hydrogen-bond acceptors (Lipinski definition) is 4. The van der Waals surface area contributed by atoms with Gasteiger partial charge >= 0.3 is 0 Å². The highest BCUT2D eigenvalue weighted by Gasteiger charge is 2.44. The van der Waals surface area contributed by atoms with Gasteiger partial charge in [-0.25, -0.2) is 8.42 Å². The minimum Gasteiger partial charge on any atom is -0.393 e. The van der Waals surface area contributed by atoms with Gasteiger partial charge in [0.2, 0.25) is 0 Å². The van der Waals surface area contributed by atoms with Gasteiger partial charge in [-0.2, -0.15) is 0 Å². The highest BCUT2D eigenvalue weighted by atomic mass is 32.2. The summed E-state index contributed by atoms with van der Waals surface area (Å²) in [6, 6.07) is 0. The Hall–Kier alpha value is -0.200. The van der Waals surface area contributed by atoms with Crippen molar-refractivity contribution in [1.82, 2.24) is 4.90 Å². The minimum atomic E-state index is -2.77.